The average Bonchev–Trinajstić information content (AvgIpc) is 3.17. The number of piperazine rings is 1. The van der Waals surface area contributed by atoms with Crippen LogP contribution in [0, 0.1) is 0 Å². The number of hydrogen-bond donors (Lipinski definition) is 1. The highest BCUT2D eigenvalue weighted by Gasteiger charge is 2.28. The molecule has 0 aliphatic carbocycles. The minimum atomic E-state index is 0.250. The molecule has 0 radical (unpaired) electrons. The molecule has 1 saturated heterocycles. The van der Waals surface area contributed by atoms with Crippen LogP contribution in [-0.4, -0.2) is 75.1 Å². The number of rotatable bonds is 3. The van der Waals surface area contributed by atoms with Crippen molar-refractivity contribution in [2.45, 2.75) is 6.42 Å². The molecule has 5 heteroatoms. The molecule has 0 aromatic heterocycles. The summed E-state index contributed by atoms with van der Waals surface area (Å²) in [5.74, 6) is 0.250. The summed E-state index contributed by atoms with van der Waals surface area (Å²) in [4.78, 5) is 19.4. The van der Waals surface area contributed by atoms with E-state index in [2.05, 4.69) is 46.4 Å². The van der Waals surface area contributed by atoms with Gasteiger partial charge in [-0.3, -0.25) is 4.79 Å². The molecule has 1 aromatic carbocycles. The monoisotopic (exact) mass is 326 g/mol. The van der Waals surface area contributed by atoms with Crippen molar-refractivity contribution in [2.24, 2.45) is 0 Å². The smallest absolute Gasteiger partial charge is 0.227 e. The standard InChI is InChI=1S/C19H26N4O/c1-21-5-7-22(8-6-21)18-4-2-3-15(9-18)10-19(24)23-13-16-11-20-12-17(16)14-23/h2-4,9,20H,5-8,10-14H2,1H3. The van der Waals surface area contributed by atoms with Crippen LogP contribution in [-0.2, 0) is 11.2 Å². The number of hydrogen-bond acceptors (Lipinski definition) is 4. The van der Waals surface area contributed by atoms with Crippen molar-refractivity contribution in [3.63, 3.8) is 0 Å². The molecule has 0 spiro atoms. The van der Waals surface area contributed by atoms with E-state index in [1.54, 1.807) is 0 Å². The third-order valence-corrected chi connectivity index (χ3v) is 5.43. The van der Waals surface area contributed by atoms with Gasteiger partial charge in [0.05, 0.1) is 6.42 Å². The number of carbonyl (C=O) groups excluding carboxylic acids is 1. The normalized spacial score (nSPS) is 21.5. The summed E-state index contributed by atoms with van der Waals surface area (Å²) in [6.45, 7) is 7.87. The van der Waals surface area contributed by atoms with Gasteiger partial charge in [-0.25, -0.2) is 0 Å². The summed E-state index contributed by atoms with van der Waals surface area (Å²) >= 11 is 0. The topological polar surface area (TPSA) is 38.8 Å². The molecular weight excluding hydrogens is 300 g/mol. The first-order valence-corrected chi connectivity index (χ1v) is 8.90. The van der Waals surface area contributed by atoms with Gasteiger partial charge in [0, 0.05) is 58.0 Å². The zero-order valence-electron chi connectivity index (χ0n) is 14.4. The fraction of sp³-hybridized carbons (Fsp3) is 0.526. The van der Waals surface area contributed by atoms with Crippen molar-refractivity contribution in [1.82, 2.24) is 15.1 Å². The van der Waals surface area contributed by atoms with E-state index in [0.717, 1.165) is 57.9 Å². The Kier molecular flexibility index (Phi) is 4.29. The molecule has 0 unspecified atom stereocenters. The molecule has 1 aromatic rings. The maximum Gasteiger partial charge on any atom is 0.227 e. The predicted molar refractivity (Wildman–Crippen MR) is 96.3 cm³/mol. The molecule has 1 fully saturated rings. The van der Waals surface area contributed by atoms with Gasteiger partial charge in [-0.05, 0) is 35.9 Å². The van der Waals surface area contributed by atoms with Crippen LogP contribution >= 0.6 is 0 Å². The highest BCUT2D eigenvalue weighted by atomic mass is 16.2. The summed E-state index contributed by atoms with van der Waals surface area (Å²) in [6, 6.07) is 8.53. The number of benzene rings is 1. The second kappa shape index (κ2) is 6.57. The van der Waals surface area contributed by atoms with E-state index in [0.29, 0.717) is 6.42 Å². The predicted octanol–water partition coefficient (Wildman–Crippen LogP) is 0.723. The van der Waals surface area contributed by atoms with Crippen molar-refractivity contribution in [2.75, 3.05) is 64.3 Å². The van der Waals surface area contributed by atoms with Crippen molar-refractivity contribution in [3.8, 4) is 0 Å². The van der Waals surface area contributed by atoms with Crippen LogP contribution in [0.2, 0.25) is 0 Å². The Morgan fingerprint density at radius 3 is 2.50 bits per heavy atom. The van der Waals surface area contributed by atoms with E-state index < -0.39 is 0 Å². The van der Waals surface area contributed by atoms with Gasteiger partial charge in [-0.2, -0.15) is 0 Å². The largest absolute Gasteiger partial charge is 0.369 e. The molecule has 0 bridgehead atoms. The summed E-state index contributed by atoms with van der Waals surface area (Å²) in [5, 5.41) is 3.36. The lowest BCUT2D eigenvalue weighted by atomic mass is 10.1. The lowest BCUT2D eigenvalue weighted by Crippen LogP contribution is -2.44. The van der Waals surface area contributed by atoms with Crippen molar-refractivity contribution in [3.05, 3.63) is 41.0 Å². The Morgan fingerprint density at radius 1 is 1.08 bits per heavy atom. The fourth-order valence-corrected chi connectivity index (χ4v) is 3.86. The van der Waals surface area contributed by atoms with E-state index in [-0.39, 0.29) is 5.91 Å². The van der Waals surface area contributed by atoms with Gasteiger partial charge in [0.25, 0.3) is 0 Å². The Balaban J connectivity index is 1.38. The molecule has 1 amide bonds. The highest BCUT2D eigenvalue weighted by Crippen LogP contribution is 2.22. The molecule has 5 nitrogen and oxygen atoms in total. The lowest BCUT2D eigenvalue weighted by Gasteiger charge is -2.34. The van der Waals surface area contributed by atoms with Crippen molar-refractivity contribution < 1.29 is 4.79 Å². The minimum Gasteiger partial charge on any atom is -0.369 e. The second-order valence-electron chi connectivity index (χ2n) is 7.20. The third kappa shape index (κ3) is 3.19. The van der Waals surface area contributed by atoms with Gasteiger partial charge >= 0.3 is 0 Å². The third-order valence-electron chi connectivity index (χ3n) is 5.43. The van der Waals surface area contributed by atoms with Gasteiger partial charge in [0.1, 0.15) is 0 Å². The number of anilines is 1. The van der Waals surface area contributed by atoms with Crippen LogP contribution in [0.4, 0.5) is 5.69 Å². The SMILES string of the molecule is CN1CCN(c2cccc(CC(=O)N3CC4=C(CNC4)C3)c2)CC1. The number of amides is 1. The lowest BCUT2D eigenvalue weighted by molar-refractivity contribution is -0.129. The van der Waals surface area contributed by atoms with E-state index in [1.165, 1.54) is 16.8 Å². The Morgan fingerprint density at radius 2 is 1.79 bits per heavy atom. The molecule has 1 N–H and O–H groups in total. The first kappa shape index (κ1) is 15.7. The quantitative estimate of drug-likeness (QED) is 0.831. The number of likely N-dealkylation sites (N-methyl/N-ethyl adjacent to an activating group) is 1. The fourth-order valence-electron chi connectivity index (χ4n) is 3.86. The molecule has 3 aliphatic heterocycles. The summed E-state index contributed by atoms with van der Waals surface area (Å²) in [7, 11) is 2.17. The molecule has 3 heterocycles. The van der Waals surface area contributed by atoms with E-state index in [4.69, 9.17) is 0 Å². The Labute approximate surface area is 143 Å². The maximum absolute atomic E-state index is 12.6. The number of carbonyl (C=O) groups is 1. The molecular formula is C19H26N4O. The van der Waals surface area contributed by atoms with Crippen LogP contribution in [0.1, 0.15) is 5.56 Å². The number of nitrogens with zero attached hydrogens (tertiary/aromatic N) is 3. The highest BCUT2D eigenvalue weighted by molar-refractivity contribution is 5.80. The van der Waals surface area contributed by atoms with E-state index >= 15 is 0 Å². The van der Waals surface area contributed by atoms with Crippen LogP contribution in [0.5, 0.6) is 0 Å². The van der Waals surface area contributed by atoms with E-state index in [1.807, 2.05) is 4.90 Å². The molecule has 0 atom stereocenters. The van der Waals surface area contributed by atoms with Crippen LogP contribution < -0.4 is 10.2 Å². The zero-order chi connectivity index (χ0) is 16.5. The van der Waals surface area contributed by atoms with Crippen LogP contribution in [0.15, 0.2) is 35.4 Å². The first-order chi connectivity index (χ1) is 11.7. The van der Waals surface area contributed by atoms with Gasteiger partial charge in [-0.1, -0.05) is 12.1 Å². The zero-order valence-corrected chi connectivity index (χ0v) is 14.4. The molecule has 0 saturated carbocycles. The summed E-state index contributed by atoms with van der Waals surface area (Å²) in [6.07, 6.45) is 0.509. The van der Waals surface area contributed by atoms with Crippen LogP contribution in [0.25, 0.3) is 0 Å². The summed E-state index contributed by atoms with van der Waals surface area (Å²) in [5.41, 5.74) is 5.23. The van der Waals surface area contributed by atoms with Crippen molar-refractivity contribution >= 4 is 11.6 Å². The first-order valence-electron chi connectivity index (χ1n) is 8.90. The molecule has 128 valence electrons. The Bertz CT molecular complexity index is 645. The van der Waals surface area contributed by atoms with E-state index in [9.17, 15) is 4.79 Å². The maximum atomic E-state index is 12.6. The summed E-state index contributed by atoms with van der Waals surface area (Å²) < 4.78 is 0. The second-order valence-corrected chi connectivity index (χ2v) is 7.20. The number of nitrogens with one attached hydrogen (secondary N) is 1. The molecule has 4 rings (SSSR count). The Hall–Kier alpha value is -1.85. The van der Waals surface area contributed by atoms with Crippen molar-refractivity contribution in [1.29, 1.82) is 0 Å². The average molecular weight is 326 g/mol. The van der Waals surface area contributed by atoms with Gasteiger partial charge in [0.15, 0.2) is 0 Å². The molecule has 24 heavy (non-hydrogen) atoms. The van der Waals surface area contributed by atoms with Gasteiger partial charge in [0.2, 0.25) is 5.91 Å². The van der Waals surface area contributed by atoms with Gasteiger partial charge in [-0.15, -0.1) is 0 Å². The minimum absolute atomic E-state index is 0.250. The molecule has 3 aliphatic rings. The van der Waals surface area contributed by atoms with Gasteiger partial charge < -0.3 is 20.0 Å². The van der Waals surface area contributed by atoms with Crippen LogP contribution in [0.3, 0.4) is 0 Å².